The van der Waals surface area contributed by atoms with E-state index in [9.17, 15) is 0 Å². The second kappa shape index (κ2) is 8.01. The topological polar surface area (TPSA) is 51.5 Å². The molecule has 0 saturated carbocycles. The van der Waals surface area contributed by atoms with Gasteiger partial charge in [-0.3, -0.25) is 4.68 Å². The molecule has 0 saturated heterocycles. The van der Waals surface area contributed by atoms with Gasteiger partial charge < -0.3 is 9.42 Å². The highest BCUT2D eigenvalue weighted by molar-refractivity contribution is 5.89. The molecule has 1 aliphatic rings. The normalized spacial score (nSPS) is 15.1. The molecule has 32 heavy (non-hydrogen) atoms. The summed E-state index contributed by atoms with van der Waals surface area (Å²) in [4.78, 5) is 5.91. The van der Waals surface area contributed by atoms with Crippen molar-refractivity contribution in [3.63, 3.8) is 0 Å². The number of aromatic nitrogens is 3. The lowest BCUT2D eigenvalue weighted by Crippen LogP contribution is -2.23. The lowest BCUT2D eigenvalue weighted by atomic mass is 9.94. The van der Waals surface area contributed by atoms with Gasteiger partial charge in [-0.1, -0.05) is 42.8 Å². The maximum atomic E-state index is 7.30. The first-order valence-corrected chi connectivity index (χ1v) is 10.9. The third-order valence-electron chi connectivity index (χ3n) is 6.19. The summed E-state index contributed by atoms with van der Waals surface area (Å²) in [5.74, 6) is 1.20. The van der Waals surface area contributed by atoms with Crippen LogP contribution >= 0.6 is 0 Å². The first-order chi connectivity index (χ1) is 15.6. The summed E-state index contributed by atoms with van der Waals surface area (Å²) >= 11 is 0. The molecule has 5 rings (SSSR count). The van der Waals surface area contributed by atoms with Crippen molar-refractivity contribution in [1.82, 2.24) is 14.9 Å². The van der Waals surface area contributed by atoms with Crippen molar-refractivity contribution >= 4 is 17.1 Å². The summed E-state index contributed by atoms with van der Waals surface area (Å²) in [6, 6.07) is 14.4. The first-order valence-electron chi connectivity index (χ1n) is 10.9. The zero-order valence-corrected chi connectivity index (χ0v) is 18.5. The van der Waals surface area contributed by atoms with Crippen LogP contribution in [0.4, 0.5) is 17.1 Å². The number of hydrogen-bond acceptors (Lipinski definition) is 4. The van der Waals surface area contributed by atoms with E-state index in [1.807, 2.05) is 55.3 Å². The zero-order chi connectivity index (χ0) is 22.2. The SMILES string of the molecule is [C-]#[N+]c1ccc(N2CC(CCC)c3onc(C)c3-c3ccc(-c4cnn(C)c4)cc32)cc1. The molecule has 160 valence electrons. The van der Waals surface area contributed by atoms with Crippen LogP contribution in [-0.4, -0.2) is 21.5 Å². The second-order valence-corrected chi connectivity index (χ2v) is 8.37. The first kappa shape index (κ1) is 20.1. The van der Waals surface area contributed by atoms with Gasteiger partial charge in [-0.25, -0.2) is 4.85 Å². The molecular formula is C26H25N5O. The summed E-state index contributed by atoms with van der Waals surface area (Å²) < 4.78 is 7.72. The second-order valence-electron chi connectivity index (χ2n) is 8.37. The molecule has 0 N–H and O–H groups in total. The Morgan fingerprint density at radius 2 is 1.97 bits per heavy atom. The Balaban J connectivity index is 1.73. The minimum Gasteiger partial charge on any atom is -0.360 e. The third kappa shape index (κ3) is 3.36. The number of benzene rings is 2. The lowest BCUT2D eigenvalue weighted by molar-refractivity contribution is 0.352. The predicted octanol–water partition coefficient (Wildman–Crippen LogP) is 6.64. The van der Waals surface area contributed by atoms with E-state index in [0.717, 1.165) is 64.5 Å². The predicted molar refractivity (Wildman–Crippen MR) is 126 cm³/mol. The van der Waals surface area contributed by atoms with E-state index < -0.39 is 0 Å². The number of rotatable bonds is 4. The summed E-state index contributed by atoms with van der Waals surface area (Å²) in [5.41, 5.74) is 8.17. The number of aryl methyl sites for hydroxylation is 2. The Hall–Kier alpha value is -3.85. The molecule has 0 bridgehead atoms. The minimum atomic E-state index is 0.228. The van der Waals surface area contributed by atoms with Crippen molar-refractivity contribution in [1.29, 1.82) is 0 Å². The maximum Gasteiger partial charge on any atom is 0.187 e. The van der Waals surface area contributed by atoms with E-state index in [-0.39, 0.29) is 5.92 Å². The molecule has 0 radical (unpaired) electrons. The van der Waals surface area contributed by atoms with Crippen LogP contribution in [0.5, 0.6) is 0 Å². The quantitative estimate of drug-likeness (QED) is 0.345. The highest BCUT2D eigenvalue weighted by Gasteiger charge is 2.32. The molecule has 6 nitrogen and oxygen atoms in total. The number of fused-ring (bicyclic) bond motifs is 3. The van der Waals surface area contributed by atoms with E-state index in [0.29, 0.717) is 5.69 Å². The largest absolute Gasteiger partial charge is 0.360 e. The minimum absolute atomic E-state index is 0.228. The molecule has 0 aliphatic carbocycles. The lowest BCUT2D eigenvalue weighted by Gasteiger charge is -2.28. The number of nitrogens with zero attached hydrogens (tertiary/aromatic N) is 5. The van der Waals surface area contributed by atoms with Gasteiger partial charge in [0, 0.05) is 53.8 Å². The molecular weight excluding hydrogens is 398 g/mol. The Kier molecular flexibility index (Phi) is 5.02. The molecule has 3 heterocycles. The zero-order valence-electron chi connectivity index (χ0n) is 18.5. The van der Waals surface area contributed by atoms with Gasteiger partial charge in [-0.15, -0.1) is 0 Å². The van der Waals surface area contributed by atoms with Crippen LogP contribution in [0.15, 0.2) is 59.4 Å². The van der Waals surface area contributed by atoms with Crippen molar-refractivity contribution in [3.05, 3.63) is 77.7 Å². The average molecular weight is 424 g/mol. The molecule has 0 spiro atoms. The van der Waals surface area contributed by atoms with Crippen LogP contribution in [0, 0.1) is 13.5 Å². The van der Waals surface area contributed by atoms with E-state index in [1.165, 1.54) is 0 Å². The van der Waals surface area contributed by atoms with Crippen molar-refractivity contribution < 1.29 is 4.52 Å². The van der Waals surface area contributed by atoms with Gasteiger partial charge in [0.25, 0.3) is 0 Å². The summed E-state index contributed by atoms with van der Waals surface area (Å²) in [7, 11) is 1.93. The molecule has 0 amide bonds. The van der Waals surface area contributed by atoms with Gasteiger partial charge in [0.1, 0.15) is 5.76 Å². The molecule has 0 fully saturated rings. The Morgan fingerprint density at radius 3 is 2.66 bits per heavy atom. The van der Waals surface area contributed by atoms with Crippen LogP contribution in [0.1, 0.15) is 37.1 Å². The fraction of sp³-hybridized carbons (Fsp3) is 0.269. The van der Waals surface area contributed by atoms with Gasteiger partial charge >= 0.3 is 0 Å². The highest BCUT2D eigenvalue weighted by Crippen LogP contribution is 2.47. The van der Waals surface area contributed by atoms with Gasteiger partial charge in [0.05, 0.1) is 18.5 Å². The summed E-state index contributed by atoms with van der Waals surface area (Å²) in [5, 5.41) is 8.68. The Bertz CT molecular complexity index is 1310. The van der Waals surface area contributed by atoms with Crippen molar-refractivity contribution in [2.45, 2.75) is 32.6 Å². The highest BCUT2D eigenvalue weighted by atomic mass is 16.5. The molecule has 1 aliphatic heterocycles. The Labute approximate surface area is 187 Å². The van der Waals surface area contributed by atoms with Gasteiger partial charge in [0.15, 0.2) is 5.69 Å². The van der Waals surface area contributed by atoms with Crippen LogP contribution < -0.4 is 4.90 Å². The van der Waals surface area contributed by atoms with Gasteiger partial charge in [0.2, 0.25) is 0 Å². The smallest absolute Gasteiger partial charge is 0.187 e. The van der Waals surface area contributed by atoms with Gasteiger partial charge in [-0.05, 0) is 37.1 Å². The monoisotopic (exact) mass is 423 g/mol. The van der Waals surface area contributed by atoms with Crippen molar-refractivity contribution in [3.8, 4) is 22.3 Å². The fourth-order valence-electron chi connectivity index (χ4n) is 4.63. The average Bonchev–Trinajstić information content (AvgIpc) is 3.38. The van der Waals surface area contributed by atoms with Crippen LogP contribution in [-0.2, 0) is 7.05 Å². The summed E-state index contributed by atoms with van der Waals surface area (Å²) in [6.07, 6.45) is 6.00. The number of anilines is 2. The van der Waals surface area contributed by atoms with Crippen LogP contribution in [0.25, 0.3) is 27.1 Å². The summed E-state index contributed by atoms with van der Waals surface area (Å²) in [6.45, 7) is 12.3. The molecule has 2 aromatic heterocycles. The standard InChI is InChI=1S/C26H25N5O/c1-5-6-19-16-31(22-10-8-21(27-3)9-11-22)24-13-18(20-14-28-30(4)15-20)7-12-23(24)25-17(2)29-32-26(19)25/h7-15,19H,5-6,16H2,1-2,4H3. The van der Waals surface area contributed by atoms with E-state index in [2.05, 4.69) is 45.1 Å². The number of hydrogen-bond donors (Lipinski definition) is 0. The van der Waals surface area contributed by atoms with Gasteiger partial charge in [-0.2, -0.15) is 5.10 Å². The van der Waals surface area contributed by atoms with Crippen LogP contribution in [0.3, 0.4) is 0 Å². The third-order valence-corrected chi connectivity index (χ3v) is 6.19. The molecule has 2 aromatic carbocycles. The van der Waals surface area contributed by atoms with E-state index >= 15 is 0 Å². The maximum absolute atomic E-state index is 7.30. The molecule has 1 unspecified atom stereocenters. The fourth-order valence-corrected chi connectivity index (χ4v) is 4.63. The van der Waals surface area contributed by atoms with E-state index in [4.69, 9.17) is 11.1 Å². The van der Waals surface area contributed by atoms with Crippen LogP contribution in [0.2, 0.25) is 0 Å². The molecule has 1 atom stereocenters. The molecule has 6 heteroatoms. The van der Waals surface area contributed by atoms with Crippen molar-refractivity contribution in [2.24, 2.45) is 7.05 Å². The Morgan fingerprint density at radius 1 is 1.16 bits per heavy atom. The van der Waals surface area contributed by atoms with Crippen molar-refractivity contribution in [2.75, 3.05) is 11.4 Å². The molecule has 4 aromatic rings. The van der Waals surface area contributed by atoms with E-state index in [1.54, 1.807) is 0 Å².